The molecule has 0 N–H and O–H groups in total. The van der Waals surface area contributed by atoms with Crippen LogP contribution < -0.4 is 4.90 Å². The lowest BCUT2D eigenvalue weighted by Gasteiger charge is -2.15. The zero-order valence-corrected chi connectivity index (χ0v) is 13.5. The smallest absolute Gasteiger partial charge is 0.208 e. The van der Waals surface area contributed by atoms with E-state index in [1.54, 1.807) is 12.1 Å². The van der Waals surface area contributed by atoms with Crippen LogP contribution in [0.1, 0.15) is 0 Å². The molecule has 1 heterocycles. The van der Waals surface area contributed by atoms with Crippen LogP contribution in [0, 0.1) is 5.82 Å². The Bertz CT molecular complexity index is 985. The maximum absolute atomic E-state index is 13.3. The quantitative estimate of drug-likeness (QED) is 0.739. The van der Waals surface area contributed by atoms with E-state index < -0.39 is 15.7 Å². The molecular formula is C17H15FN2O2S. The molecule has 2 aromatic carbocycles. The predicted molar refractivity (Wildman–Crippen MR) is 87.9 cm³/mol. The first-order chi connectivity index (χ1) is 10.9. The van der Waals surface area contributed by atoms with Crippen LogP contribution in [0.2, 0.25) is 0 Å². The topological polar surface area (TPSA) is 50.3 Å². The monoisotopic (exact) mass is 330 g/mol. The predicted octanol–water partition coefficient (Wildman–Crippen LogP) is 3.27. The van der Waals surface area contributed by atoms with Crippen LogP contribution in [0.3, 0.4) is 0 Å². The number of halogens is 1. The van der Waals surface area contributed by atoms with E-state index >= 15 is 0 Å². The van der Waals surface area contributed by atoms with Crippen LogP contribution >= 0.6 is 0 Å². The number of rotatable bonds is 3. The summed E-state index contributed by atoms with van der Waals surface area (Å²) in [5.74, 6) is -0.588. The number of benzene rings is 2. The molecule has 0 bridgehead atoms. The summed E-state index contributed by atoms with van der Waals surface area (Å²) in [5.41, 5.74) is 1.62. The first-order valence-corrected chi connectivity index (χ1v) is 8.44. The Morgan fingerprint density at radius 1 is 1.00 bits per heavy atom. The average Bonchev–Trinajstić information content (AvgIpc) is 2.53. The highest BCUT2D eigenvalue weighted by molar-refractivity contribution is 7.91. The Balaban J connectivity index is 2.18. The minimum absolute atomic E-state index is 0.0477. The highest BCUT2D eigenvalue weighted by atomic mass is 32.2. The number of aromatic nitrogens is 1. The minimum atomic E-state index is -3.80. The molecule has 6 heteroatoms. The fraction of sp³-hybridized carbons (Fsp3) is 0.118. The number of anilines is 1. The fourth-order valence-electron chi connectivity index (χ4n) is 2.40. The van der Waals surface area contributed by atoms with Crippen LogP contribution in [0.4, 0.5) is 10.1 Å². The van der Waals surface area contributed by atoms with Gasteiger partial charge in [-0.2, -0.15) is 0 Å². The molecule has 0 amide bonds. The van der Waals surface area contributed by atoms with Crippen LogP contribution in [0.25, 0.3) is 10.9 Å². The van der Waals surface area contributed by atoms with Gasteiger partial charge in [0.2, 0.25) is 9.84 Å². The van der Waals surface area contributed by atoms with Gasteiger partial charge in [0.15, 0.2) is 0 Å². The van der Waals surface area contributed by atoms with Gasteiger partial charge in [0.1, 0.15) is 5.82 Å². The molecule has 0 radical (unpaired) electrons. The number of fused-ring (bicyclic) bond motifs is 1. The summed E-state index contributed by atoms with van der Waals surface area (Å²) in [6.45, 7) is 0. The van der Waals surface area contributed by atoms with Crippen molar-refractivity contribution < 1.29 is 12.8 Å². The van der Waals surface area contributed by atoms with Gasteiger partial charge in [-0.3, -0.25) is 4.98 Å². The Morgan fingerprint density at radius 3 is 2.43 bits per heavy atom. The molecule has 0 fully saturated rings. The van der Waals surface area contributed by atoms with Gasteiger partial charge >= 0.3 is 0 Å². The third-order valence-electron chi connectivity index (χ3n) is 3.56. The molecule has 0 aliphatic carbocycles. The lowest BCUT2D eigenvalue weighted by atomic mass is 10.2. The number of hydrogen-bond acceptors (Lipinski definition) is 4. The molecule has 118 valence electrons. The van der Waals surface area contributed by atoms with Crippen molar-refractivity contribution in [2.45, 2.75) is 9.79 Å². The van der Waals surface area contributed by atoms with Crippen molar-refractivity contribution in [3.8, 4) is 0 Å². The van der Waals surface area contributed by atoms with Gasteiger partial charge < -0.3 is 4.90 Å². The van der Waals surface area contributed by atoms with E-state index in [1.165, 1.54) is 24.4 Å². The summed E-state index contributed by atoms with van der Waals surface area (Å²) in [6.07, 6.45) is 1.32. The summed E-state index contributed by atoms with van der Waals surface area (Å²) >= 11 is 0. The highest BCUT2D eigenvalue weighted by Crippen LogP contribution is 2.28. The van der Waals surface area contributed by atoms with Gasteiger partial charge in [-0.1, -0.05) is 18.2 Å². The standard InChI is InChI=1S/C17H15FN2O2S/c1-20(2)16-8-3-5-12-9-15(11-19-17(12)16)23(21,22)14-7-4-6-13(18)10-14/h3-11H,1-2H3. The molecule has 0 spiro atoms. The fourth-order valence-corrected chi connectivity index (χ4v) is 3.67. The van der Waals surface area contributed by atoms with E-state index in [0.29, 0.717) is 5.39 Å². The maximum atomic E-state index is 13.3. The van der Waals surface area contributed by atoms with Crippen molar-refractivity contribution in [3.63, 3.8) is 0 Å². The lowest BCUT2D eigenvalue weighted by molar-refractivity contribution is 0.590. The van der Waals surface area contributed by atoms with Gasteiger partial charge in [0.05, 0.1) is 21.0 Å². The molecule has 1 aromatic heterocycles. The number of hydrogen-bond donors (Lipinski definition) is 0. The molecule has 3 rings (SSSR count). The molecule has 4 nitrogen and oxygen atoms in total. The average molecular weight is 330 g/mol. The summed E-state index contributed by atoms with van der Waals surface area (Å²) in [7, 11) is -0.00879. The second-order valence-corrected chi connectivity index (χ2v) is 7.32. The number of pyridine rings is 1. The van der Waals surface area contributed by atoms with E-state index in [2.05, 4.69) is 4.98 Å². The van der Waals surface area contributed by atoms with Gasteiger partial charge in [-0.15, -0.1) is 0 Å². The van der Waals surface area contributed by atoms with E-state index in [9.17, 15) is 12.8 Å². The zero-order valence-electron chi connectivity index (χ0n) is 12.7. The van der Waals surface area contributed by atoms with Crippen molar-refractivity contribution in [2.24, 2.45) is 0 Å². The first kappa shape index (κ1) is 15.4. The van der Waals surface area contributed by atoms with Crippen molar-refractivity contribution in [3.05, 3.63) is 60.5 Å². The third kappa shape index (κ3) is 2.77. The molecule has 0 unspecified atom stereocenters. The van der Waals surface area contributed by atoms with Crippen LogP contribution in [-0.2, 0) is 9.84 Å². The number of nitrogens with zero attached hydrogens (tertiary/aromatic N) is 2. The van der Waals surface area contributed by atoms with Crippen molar-refractivity contribution in [1.82, 2.24) is 4.98 Å². The first-order valence-electron chi connectivity index (χ1n) is 6.96. The van der Waals surface area contributed by atoms with Crippen molar-refractivity contribution >= 4 is 26.4 Å². The molecule has 0 aliphatic rings. The van der Waals surface area contributed by atoms with E-state index in [1.807, 2.05) is 31.1 Å². The summed E-state index contributed by atoms with van der Waals surface area (Å²) in [5, 5.41) is 0.716. The second kappa shape index (κ2) is 5.62. The Morgan fingerprint density at radius 2 is 1.74 bits per heavy atom. The normalized spacial score (nSPS) is 11.6. The van der Waals surface area contributed by atoms with E-state index in [-0.39, 0.29) is 9.79 Å². The molecular weight excluding hydrogens is 315 g/mol. The van der Waals surface area contributed by atoms with Gasteiger partial charge in [-0.25, -0.2) is 12.8 Å². The van der Waals surface area contributed by atoms with Gasteiger partial charge in [-0.05, 0) is 30.3 Å². The Kier molecular flexibility index (Phi) is 3.77. The largest absolute Gasteiger partial charge is 0.376 e. The maximum Gasteiger partial charge on any atom is 0.208 e. The molecule has 23 heavy (non-hydrogen) atoms. The number of para-hydroxylation sites is 1. The summed E-state index contributed by atoms with van der Waals surface area (Å²) < 4.78 is 38.6. The van der Waals surface area contributed by atoms with Crippen molar-refractivity contribution in [2.75, 3.05) is 19.0 Å². The SMILES string of the molecule is CN(C)c1cccc2cc(S(=O)(=O)c3cccc(F)c3)cnc12. The van der Waals surface area contributed by atoms with Crippen LogP contribution in [0.15, 0.2) is 64.5 Å². The highest BCUT2D eigenvalue weighted by Gasteiger charge is 2.19. The number of sulfone groups is 1. The van der Waals surface area contributed by atoms with E-state index in [0.717, 1.165) is 17.3 Å². The minimum Gasteiger partial charge on any atom is -0.376 e. The summed E-state index contributed by atoms with van der Waals surface area (Å²) in [4.78, 5) is 6.18. The molecule has 0 saturated carbocycles. The molecule has 0 saturated heterocycles. The van der Waals surface area contributed by atoms with Crippen molar-refractivity contribution in [1.29, 1.82) is 0 Å². The van der Waals surface area contributed by atoms with Gasteiger partial charge in [0, 0.05) is 25.7 Å². The summed E-state index contributed by atoms with van der Waals surface area (Å²) in [6, 6.07) is 12.1. The van der Waals surface area contributed by atoms with Gasteiger partial charge in [0.25, 0.3) is 0 Å². The molecule has 0 atom stereocenters. The molecule has 0 aliphatic heterocycles. The zero-order chi connectivity index (χ0) is 16.6. The third-order valence-corrected chi connectivity index (χ3v) is 5.28. The molecule has 3 aromatic rings. The van der Waals surface area contributed by atoms with Crippen LogP contribution in [0.5, 0.6) is 0 Å². The lowest BCUT2D eigenvalue weighted by Crippen LogP contribution is -2.10. The van der Waals surface area contributed by atoms with Crippen LogP contribution in [-0.4, -0.2) is 27.5 Å². The second-order valence-electron chi connectivity index (χ2n) is 5.38. The van der Waals surface area contributed by atoms with E-state index in [4.69, 9.17) is 0 Å². The Labute approximate surface area is 134 Å². The Hall–Kier alpha value is -2.47.